The molecule has 0 aromatic heterocycles. The van der Waals surface area contributed by atoms with E-state index in [0.29, 0.717) is 28.2 Å². The van der Waals surface area contributed by atoms with Crippen LogP contribution in [0.3, 0.4) is 0 Å². The van der Waals surface area contributed by atoms with Crippen molar-refractivity contribution >= 4 is 34.3 Å². The predicted octanol–water partition coefficient (Wildman–Crippen LogP) is 5.30. The van der Waals surface area contributed by atoms with Gasteiger partial charge in [-0.25, -0.2) is 0 Å². The highest BCUT2D eigenvalue weighted by Crippen LogP contribution is 2.44. The Hall–Kier alpha value is -2.27. The van der Waals surface area contributed by atoms with Crippen LogP contribution < -0.4 is 14.2 Å². The molecule has 26 heavy (non-hydrogen) atoms. The van der Waals surface area contributed by atoms with Gasteiger partial charge in [0.05, 0.1) is 11.6 Å². The van der Waals surface area contributed by atoms with Crippen LogP contribution >= 0.6 is 11.6 Å². The van der Waals surface area contributed by atoms with Crippen molar-refractivity contribution < 1.29 is 23.8 Å². The molecule has 0 saturated heterocycles. The lowest BCUT2D eigenvalue weighted by atomic mass is 10.1. The van der Waals surface area contributed by atoms with Crippen LogP contribution in [0.2, 0.25) is 5.02 Å². The Balaban J connectivity index is 2.49. The van der Waals surface area contributed by atoms with E-state index in [2.05, 4.69) is 6.92 Å². The summed E-state index contributed by atoms with van der Waals surface area (Å²) in [7, 11) is 0. The molecule has 140 valence electrons. The number of carbonyl (C=O) groups is 2. The van der Waals surface area contributed by atoms with Crippen molar-refractivity contribution in [2.75, 3.05) is 6.61 Å². The van der Waals surface area contributed by atoms with Crippen molar-refractivity contribution in [3.05, 3.63) is 29.3 Å². The minimum atomic E-state index is -0.472. The number of benzene rings is 2. The first kappa shape index (κ1) is 20.0. The summed E-state index contributed by atoms with van der Waals surface area (Å²) in [6.07, 6.45) is 4.19. The number of fused-ring (bicyclic) bond motifs is 1. The van der Waals surface area contributed by atoms with Crippen LogP contribution in [-0.4, -0.2) is 18.5 Å². The minimum absolute atomic E-state index is 0.276. The maximum Gasteiger partial charge on any atom is 0.308 e. The predicted molar refractivity (Wildman–Crippen MR) is 101 cm³/mol. The van der Waals surface area contributed by atoms with Gasteiger partial charge in [-0.05, 0) is 12.5 Å². The van der Waals surface area contributed by atoms with Crippen LogP contribution in [0, 0.1) is 0 Å². The van der Waals surface area contributed by atoms with E-state index < -0.39 is 11.9 Å². The second-order valence-corrected chi connectivity index (χ2v) is 6.37. The van der Waals surface area contributed by atoms with E-state index in [9.17, 15) is 9.59 Å². The Kier molecular flexibility index (Phi) is 7.27. The van der Waals surface area contributed by atoms with Crippen LogP contribution in [-0.2, 0) is 9.59 Å². The lowest BCUT2D eigenvalue weighted by Crippen LogP contribution is -2.08. The topological polar surface area (TPSA) is 61.8 Å². The van der Waals surface area contributed by atoms with E-state index in [4.69, 9.17) is 25.8 Å². The zero-order valence-corrected chi connectivity index (χ0v) is 16.0. The molecule has 0 bridgehead atoms. The molecule has 2 rings (SSSR count). The zero-order chi connectivity index (χ0) is 19.1. The Labute approximate surface area is 158 Å². The molecule has 2 aromatic carbocycles. The summed E-state index contributed by atoms with van der Waals surface area (Å²) in [6.45, 7) is 5.24. The largest absolute Gasteiger partial charge is 0.490 e. The van der Waals surface area contributed by atoms with Crippen molar-refractivity contribution in [1.29, 1.82) is 0 Å². The van der Waals surface area contributed by atoms with Gasteiger partial charge in [-0.15, -0.1) is 0 Å². The summed E-state index contributed by atoms with van der Waals surface area (Å²) in [5.74, 6) is -0.0376. The molecule has 6 heteroatoms. The maximum absolute atomic E-state index is 11.6. The van der Waals surface area contributed by atoms with E-state index in [1.54, 1.807) is 24.3 Å². The van der Waals surface area contributed by atoms with Gasteiger partial charge < -0.3 is 14.2 Å². The van der Waals surface area contributed by atoms with E-state index in [1.165, 1.54) is 13.8 Å². The highest BCUT2D eigenvalue weighted by Gasteiger charge is 2.20. The summed E-state index contributed by atoms with van der Waals surface area (Å²) in [5.41, 5.74) is 0. The van der Waals surface area contributed by atoms with Gasteiger partial charge in [0.2, 0.25) is 0 Å². The van der Waals surface area contributed by atoms with Crippen molar-refractivity contribution in [3.8, 4) is 17.2 Å². The molecule has 0 aliphatic carbocycles. The molecule has 0 amide bonds. The molecule has 0 aliphatic heterocycles. The molecule has 0 atom stereocenters. The highest BCUT2D eigenvalue weighted by atomic mass is 35.5. The minimum Gasteiger partial charge on any atom is -0.490 e. The number of carbonyl (C=O) groups excluding carboxylic acids is 2. The number of hydrogen-bond donors (Lipinski definition) is 0. The quantitative estimate of drug-likeness (QED) is 0.354. The average molecular weight is 379 g/mol. The molecular formula is C20H23ClO5. The van der Waals surface area contributed by atoms with Gasteiger partial charge in [0.25, 0.3) is 0 Å². The molecule has 0 spiro atoms. The van der Waals surface area contributed by atoms with E-state index >= 15 is 0 Å². The van der Waals surface area contributed by atoms with Crippen LogP contribution in [0.4, 0.5) is 0 Å². The fraction of sp³-hybridized carbons (Fsp3) is 0.400. The molecule has 2 aromatic rings. The van der Waals surface area contributed by atoms with E-state index in [0.717, 1.165) is 25.7 Å². The molecule has 0 unspecified atom stereocenters. The van der Waals surface area contributed by atoms with Crippen molar-refractivity contribution in [3.63, 3.8) is 0 Å². The van der Waals surface area contributed by atoms with Crippen LogP contribution in [0.15, 0.2) is 24.3 Å². The first-order valence-corrected chi connectivity index (χ1v) is 9.06. The number of ether oxygens (including phenoxy) is 3. The molecule has 0 radical (unpaired) electrons. The third kappa shape index (κ3) is 5.11. The Morgan fingerprint density at radius 3 is 2.38 bits per heavy atom. The number of hydrogen-bond acceptors (Lipinski definition) is 5. The summed E-state index contributed by atoms with van der Waals surface area (Å²) >= 11 is 6.30. The molecule has 0 aliphatic rings. The number of esters is 2. The Morgan fingerprint density at radius 2 is 1.73 bits per heavy atom. The third-order valence-electron chi connectivity index (χ3n) is 3.75. The molecule has 0 saturated carbocycles. The molecular weight excluding hydrogens is 356 g/mol. The van der Waals surface area contributed by atoms with Crippen LogP contribution in [0.5, 0.6) is 17.2 Å². The number of unbranched alkanes of at least 4 members (excludes halogenated alkanes) is 3. The monoisotopic (exact) mass is 378 g/mol. The Bertz CT molecular complexity index is 800. The van der Waals surface area contributed by atoms with Crippen molar-refractivity contribution in [1.82, 2.24) is 0 Å². The second kappa shape index (κ2) is 9.43. The van der Waals surface area contributed by atoms with E-state index in [1.807, 2.05) is 0 Å². The van der Waals surface area contributed by atoms with Gasteiger partial charge >= 0.3 is 11.9 Å². The van der Waals surface area contributed by atoms with Gasteiger partial charge in [0, 0.05) is 30.7 Å². The molecule has 0 N–H and O–H groups in total. The number of rotatable bonds is 8. The molecule has 0 heterocycles. The second-order valence-electron chi connectivity index (χ2n) is 5.96. The van der Waals surface area contributed by atoms with Crippen LogP contribution in [0.25, 0.3) is 10.8 Å². The first-order chi connectivity index (χ1) is 12.4. The summed E-state index contributed by atoms with van der Waals surface area (Å²) in [6, 6.07) is 6.71. The molecule has 0 fully saturated rings. The number of halogens is 1. The standard InChI is InChI=1S/C20H23ClO5/c1-4-5-6-7-11-24-18-12-17(25-13(2)22)19-15(9-8-10-16(19)21)20(18)26-14(3)23/h8-10,12H,4-7,11H2,1-3H3. The van der Waals surface area contributed by atoms with Crippen molar-refractivity contribution in [2.24, 2.45) is 0 Å². The van der Waals surface area contributed by atoms with Gasteiger partial charge in [-0.3, -0.25) is 9.59 Å². The van der Waals surface area contributed by atoms with Gasteiger partial charge in [-0.1, -0.05) is 49.9 Å². The SMILES string of the molecule is CCCCCCOc1cc(OC(C)=O)c2c(Cl)cccc2c1OC(C)=O. The smallest absolute Gasteiger partial charge is 0.308 e. The fourth-order valence-corrected chi connectivity index (χ4v) is 2.92. The molecule has 5 nitrogen and oxygen atoms in total. The Morgan fingerprint density at radius 1 is 1.00 bits per heavy atom. The normalized spacial score (nSPS) is 10.6. The lowest BCUT2D eigenvalue weighted by molar-refractivity contribution is -0.133. The van der Waals surface area contributed by atoms with Gasteiger partial charge in [-0.2, -0.15) is 0 Å². The van der Waals surface area contributed by atoms with Crippen molar-refractivity contribution in [2.45, 2.75) is 46.5 Å². The van der Waals surface area contributed by atoms with Gasteiger partial charge in [0.1, 0.15) is 5.75 Å². The zero-order valence-electron chi connectivity index (χ0n) is 15.3. The van der Waals surface area contributed by atoms with Crippen LogP contribution in [0.1, 0.15) is 46.5 Å². The highest BCUT2D eigenvalue weighted by molar-refractivity contribution is 6.36. The lowest BCUT2D eigenvalue weighted by Gasteiger charge is -2.17. The summed E-state index contributed by atoms with van der Waals surface area (Å²) < 4.78 is 16.5. The fourth-order valence-electron chi connectivity index (χ4n) is 2.66. The van der Waals surface area contributed by atoms with Gasteiger partial charge in [0.15, 0.2) is 11.5 Å². The summed E-state index contributed by atoms with van der Waals surface area (Å²) in [5, 5.41) is 1.44. The van der Waals surface area contributed by atoms with E-state index in [-0.39, 0.29) is 11.5 Å². The maximum atomic E-state index is 11.6. The first-order valence-electron chi connectivity index (χ1n) is 8.69. The summed E-state index contributed by atoms with van der Waals surface area (Å²) in [4.78, 5) is 23.1. The third-order valence-corrected chi connectivity index (χ3v) is 4.06. The average Bonchev–Trinajstić information content (AvgIpc) is 2.56.